The quantitative estimate of drug-likeness (QED) is 0.187. The van der Waals surface area contributed by atoms with Crippen molar-refractivity contribution in [1.82, 2.24) is 0 Å². The second kappa shape index (κ2) is 11.3. The number of nitrogens with zero attached hydrogens (tertiary/aromatic N) is 2. The summed E-state index contributed by atoms with van der Waals surface area (Å²) in [5, 5.41) is 2.12. The predicted octanol–water partition coefficient (Wildman–Crippen LogP) is 11.4. The van der Waals surface area contributed by atoms with E-state index in [9.17, 15) is 4.39 Å². The molecule has 0 aliphatic carbocycles. The second-order valence-electron chi connectivity index (χ2n) is 10.6. The maximum atomic E-state index is 13.5. The molecule has 0 aliphatic heterocycles. The van der Waals surface area contributed by atoms with Crippen molar-refractivity contribution in [2.24, 2.45) is 0 Å². The molecular formula is C38H29FN2OS. The van der Waals surface area contributed by atoms with E-state index in [-0.39, 0.29) is 5.82 Å². The molecule has 0 atom stereocenters. The van der Waals surface area contributed by atoms with Crippen LogP contribution in [-0.2, 0) is 0 Å². The summed E-state index contributed by atoms with van der Waals surface area (Å²) < 4.78 is 19.9. The van der Waals surface area contributed by atoms with E-state index >= 15 is 0 Å². The van der Waals surface area contributed by atoms with Crippen LogP contribution in [0.3, 0.4) is 0 Å². The fourth-order valence-electron chi connectivity index (χ4n) is 5.35. The third kappa shape index (κ3) is 5.47. The first-order valence-corrected chi connectivity index (χ1v) is 15.0. The average Bonchev–Trinajstić information content (AvgIpc) is 3.41. The predicted molar refractivity (Wildman–Crippen MR) is 178 cm³/mol. The van der Waals surface area contributed by atoms with Crippen molar-refractivity contribution >= 4 is 62.1 Å². The van der Waals surface area contributed by atoms with Crippen LogP contribution in [0.2, 0.25) is 0 Å². The topological polar surface area (TPSA) is 19.6 Å². The van der Waals surface area contributed by atoms with E-state index in [2.05, 4.69) is 115 Å². The molecule has 6 aromatic carbocycles. The monoisotopic (exact) mass is 580 g/mol. The van der Waals surface area contributed by atoms with Gasteiger partial charge in [0.15, 0.2) is 0 Å². The standard InChI is InChI=1S/C38H29FN2OS/c1-26-8-18-33(19-9-26)43-34-20-14-30(15-21-34)41(29-6-4-3-5-7-29)32-17-23-36-35-22-16-31(24-37(35)42-38(36)25-32)40(2)28-12-10-27(39)11-13-28/h3-25H,1-2H3. The van der Waals surface area contributed by atoms with E-state index in [0.717, 1.165) is 50.4 Å². The van der Waals surface area contributed by atoms with Gasteiger partial charge in [0.1, 0.15) is 17.0 Å². The van der Waals surface area contributed by atoms with Gasteiger partial charge < -0.3 is 14.2 Å². The van der Waals surface area contributed by atoms with E-state index < -0.39 is 0 Å². The maximum Gasteiger partial charge on any atom is 0.137 e. The summed E-state index contributed by atoms with van der Waals surface area (Å²) >= 11 is 1.76. The third-order valence-electron chi connectivity index (χ3n) is 7.67. The highest BCUT2D eigenvalue weighted by molar-refractivity contribution is 7.99. The number of furan rings is 1. The van der Waals surface area contributed by atoms with Gasteiger partial charge in [-0.15, -0.1) is 0 Å². The van der Waals surface area contributed by atoms with Crippen LogP contribution in [0.25, 0.3) is 21.9 Å². The lowest BCUT2D eigenvalue weighted by atomic mass is 10.1. The smallest absolute Gasteiger partial charge is 0.137 e. The maximum absolute atomic E-state index is 13.5. The van der Waals surface area contributed by atoms with Gasteiger partial charge in [0, 0.05) is 68.2 Å². The largest absolute Gasteiger partial charge is 0.456 e. The first kappa shape index (κ1) is 26.9. The van der Waals surface area contributed by atoms with Crippen LogP contribution in [0.4, 0.5) is 32.8 Å². The Hall–Kier alpha value is -5.00. The number of hydrogen-bond donors (Lipinski definition) is 0. The minimum Gasteiger partial charge on any atom is -0.456 e. The molecule has 1 aromatic heterocycles. The van der Waals surface area contributed by atoms with Crippen molar-refractivity contribution in [3.05, 3.63) is 151 Å². The van der Waals surface area contributed by atoms with Crippen LogP contribution in [0, 0.1) is 12.7 Å². The normalized spacial score (nSPS) is 11.2. The summed E-state index contributed by atoms with van der Waals surface area (Å²) in [5.41, 5.74) is 7.91. The van der Waals surface area contributed by atoms with Gasteiger partial charge in [-0.2, -0.15) is 0 Å². The number of benzene rings is 6. The lowest BCUT2D eigenvalue weighted by Crippen LogP contribution is -2.09. The van der Waals surface area contributed by atoms with Gasteiger partial charge in [-0.05, 0) is 104 Å². The molecule has 0 saturated heterocycles. The van der Waals surface area contributed by atoms with Crippen LogP contribution in [0.1, 0.15) is 5.56 Å². The molecule has 0 unspecified atom stereocenters. The Labute approximate surface area is 254 Å². The van der Waals surface area contributed by atoms with Crippen LogP contribution in [0.15, 0.2) is 154 Å². The Morgan fingerprint density at radius 1 is 0.535 bits per heavy atom. The molecule has 43 heavy (non-hydrogen) atoms. The van der Waals surface area contributed by atoms with E-state index in [1.54, 1.807) is 23.9 Å². The number of rotatable bonds is 7. The molecule has 0 N–H and O–H groups in total. The highest BCUT2D eigenvalue weighted by atomic mass is 32.2. The van der Waals surface area contributed by atoms with Gasteiger partial charge in [-0.25, -0.2) is 4.39 Å². The van der Waals surface area contributed by atoms with Crippen LogP contribution in [0.5, 0.6) is 0 Å². The third-order valence-corrected chi connectivity index (χ3v) is 8.68. The van der Waals surface area contributed by atoms with Crippen LogP contribution >= 0.6 is 11.8 Å². The van der Waals surface area contributed by atoms with Gasteiger partial charge in [-0.3, -0.25) is 0 Å². The second-order valence-corrected chi connectivity index (χ2v) is 11.7. The molecule has 0 radical (unpaired) electrons. The fourth-order valence-corrected chi connectivity index (χ4v) is 6.16. The van der Waals surface area contributed by atoms with Crippen molar-refractivity contribution in [1.29, 1.82) is 0 Å². The first-order chi connectivity index (χ1) is 21.0. The van der Waals surface area contributed by atoms with Gasteiger partial charge in [0.2, 0.25) is 0 Å². The van der Waals surface area contributed by atoms with E-state index in [1.165, 1.54) is 27.5 Å². The van der Waals surface area contributed by atoms with Gasteiger partial charge in [0.25, 0.3) is 0 Å². The zero-order valence-corrected chi connectivity index (χ0v) is 24.7. The molecule has 3 nitrogen and oxygen atoms in total. The lowest BCUT2D eigenvalue weighted by molar-refractivity contribution is 0.628. The van der Waals surface area contributed by atoms with E-state index in [0.29, 0.717) is 0 Å². The number of hydrogen-bond acceptors (Lipinski definition) is 4. The molecule has 1 heterocycles. The molecule has 7 aromatic rings. The zero-order valence-electron chi connectivity index (χ0n) is 23.9. The molecule has 0 spiro atoms. The molecule has 5 heteroatoms. The summed E-state index contributed by atoms with van der Waals surface area (Å²) in [6.45, 7) is 2.11. The van der Waals surface area contributed by atoms with E-state index in [1.807, 2.05) is 24.1 Å². The molecular weight excluding hydrogens is 551 g/mol. The van der Waals surface area contributed by atoms with Crippen molar-refractivity contribution < 1.29 is 8.81 Å². The van der Waals surface area contributed by atoms with Crippen LogP contribution in [-0.4, -0.2) is 7.05 Å². The number of aryl methyl sites for hydroxylation is 1. The Bertz CT molecular complexity index is 2020. The highest BCUT2D eigenvalue weighted by Gasteiger charge is 2.16. The van der Waals surface area contributed by atoms with Crippen molar-refractivity contribution in [3.8, 4) is 0 Å². The summed E-state index contributed by atoms with van der Waals surface area (Å²) in [7, 11) is 1.97. The Morgan fingerprint density at radius 2 is 1.05 bits per heavy atom. The summed E-state index contributed by atoms with van der Waals surface area (Å²) in [4.78, 5) is 6.69. The fraction of sp³-hybridized carbons (Fsp3) is 0.0526. The summed E-state index contributed by atoms with van der Waals surface area (Å²) in [6.07, 6.45) is 0. The number of para-hydroxylation sites is 1. The Kier molecular flexibility index (Phi) is 7.09. The van der Waals surface area contributed by atoms with Gasteiger partial charge in [0.05, 0.1) is 0 Å². The number of fused-ring (bicyclic) bond motifs is 3. The molecule has 0 fully saturated rings. The SMILES string of the molecule is Cc1ccc(Sc2ccc(N(c3ccccc3)c3ccc4c(c3)oc3cc(N(C)c5ccc(F)cc5)ccc34)cc2)cc1. The molecule has 7 rings (SSSR count). The van der Waals surface area contributed by atoms with Crippen molar-refractivity contribution in [2.45, 2.75) is 16.7 Å². The Balaban J connectivity index is 1.23. The van der Waals surface area contributed by atoms with Gasteiger partial charge >= 0.3 is 0 Å². The van der Waals surface area contributed by atoms with Gasteiger partial charge in [-0.1, -0.05) is 47.7 Å². The zero-order chi connectivity index (χ0) is 29.3. The number of anilines is 5. The van der Waals surface area contributed by atoms with Crippen molar-refractivity contribution in [3.63, 3.8) is 0 Å². The average molecular weight is 581 g/mol. The molecule has 0 aliphatic rings. The molecule has 210 valence electrons. The summed E-state index contributed by atoms with van der Waals surface area (Å²) in [5.74, 6) is -0.248. The minimum absolute atomic E-state index is 0.248. The van der Waals surface area contributed by atoms with E-state index in [4.69, 9.17) is 4.42 Å². The Morgan fingerprint density at radius 3 is 1.70 bits per heavy atom. The molecule has 0 saturated carbocycles. The summed E-state index contributed by atoms with van der Waals surface area (Å²) in [6, 6.07) is 46.8. The lowest BCUT2D eigenvalue weighted by Gasteiger charge is -2.25. The highest BCUT2D eigenvalue weighted by Crippen LogP contribution is 2.40. The number of halogens is 1. The van der Waals surface area contributed by atoms with Crippen LogP contribution < -0.4 is 9.80 Å². The first-order valence-electron chi connectivity index (χ1n) is 14.2. The molecule has 0 amide bonds. The van der Waals surface area contributed by atoms with Crippen molar-refractivity contribution in [2.75, 3.05) is 16.8 Å². The molecule has 0 bridgehead atoms. The minimum atomic E-state index is -0.248.